The first-order valence-electron chi connectivity index (χ1n) is 12.0. The Morgan fingerprint density at radius 2 is 1.18 bits per heavy atom. The summed E-state index contributed by atoms with van der Waals surface area (Å²) in [6.45, 7) is 2.27. The Morgan fingerprint density at radius 3 is 1.71 bits per heavy atom. The van der Waals surface area contributed by atoms with Crippen molar-refractivity contribution in [2.45, 2.75) is 135 Å². The second-order valence-corrected chi connectivity index (χ2v) is 8.36. The van der Waals surface area contributed by atoms with Crippen molar-refractivity contribution in [2.75, 3.05) is 0 Å². The van der Waals surface area contributed by atoms with E-state index in [9.17, 15) is 4.79 Å². The molecule has 166 valence electrons. The first-order chi connectivity index (χ1) is 13.6. The molecule has 0 saturated heterocycles. The molecule has 0 amide bonds. The molecule has 1 unspecified atom stereocenters. The molecule has 0 rings (SSSR count). The van der Waals surface area contributed by atoms with Crippen LogP contribution in [-0.2, 0) is 4.79 Å². The molecule has 0 aromatic heterocycles. The molecular formula is C24H48N2O2. The smallest absolute Gasteiger partial charge is 0.320 e. The number of hydrogen-bond donors (Lipinski definition) is 3. The maximum Gasteiger partial charge on any atom is 0.320 e. The molecule has 0 bridgehead atoms. The van der Waals surface area contributed by atoms with E-state index in [0.717, 1.165) is 19.3 Å². The van der Waals surface area contributed by atoms with E-state index in [1.807, 2.05) is 0 Å². The molecule has 4 heteroatoms. The van der Waals surface area contributed by atoms with Gasteiger partial charge in [0.15, 0.2) is 0 Å². The molecule has 28 heavy (non-hydrogen) atoms. The van der Waals surface area contributed by atoms with Crippen molar-refractivity contribution in [1.29, 1.82) is 0 Å². The Balaban J connectivity index is 3.26. The summed E-state index contributed by atoms with van der Waals surface area (Å²) < 4.78 is 0. The van der Waals surface area contributed by atoms with Crippen LogP contribution in [0.15, 0.2) is 12.2 Å². The third kappa shape index (κ3) is 19.9. The van der Waals surface area contributed by atoms with Crippen LogP contribution in [-0.4, -0.2) is 23.2 Å². The molecule has 0 heterocycles. The minimum atomic E-state index is -0.915. The first-order valence-corrected chi connectivity index (χ1v) is 12.0. The normalized spacial score (nSPS) is 13.8. The number of rotatable bonds is 21. The van der Waals surface area contributed by atoms with Crippen LogP contribution in [0.3, 0.4) is 0 Å². The summed E-state index contributed by atoms with van der Waals surface area (Å²) in [5.41, 5.74) is 11.6. The Hall–Kier alpha value is -0.870. The minimum Gasteiger partial charge on any atom is -0.480 e. The van der Waals surface area contributed by atoms with Crippen molar-refractivity contribution >= 4 is 5.97 Å². The number of allylic oxidation sites excluding steroid dienone is 2. The summed E-state index contributed by atoms with van der Waals surface area (Å²) in [6.07, 6.45) is 26.5. The van der Waals surface area contributed by atoms with Crippen molar-refractivity contribution in [2.24, 2.45) is 11.5 Å². The van der Waals surface area contributed by atoms with Gasteiger partial charge in [0.25, 0.3) is 0 Å². The lowest BCUT2D eigenvalue weighted by molar-refractivity contribution is -0.138. The average molecular weight is 397 g/mol. The Kier molecular flexibility index (Phi) is 20.2. The van der Waals surface area contributed by atoms with E-state index in [2.05, 4.69) is 19.1 Å². The molecule has 0 spiro atoms. The van der Waals surface area contributed by atoms with Gasteiger partial charge in [-0.15, -0.1) is 0 Å². The van der Waals surface area contributed by atoms with Crippen LogP contribution in [0.25, 0.3) is 0 Å². The summed E-state index contributed by atoms with van der Waals surface area (Å²) in [7, 11) is 0. The van der Waals surface area contributed by atoms with Crippen molar-refractivity contribution in [3.8, 4) is 0 Å². The fraction of sp³-hybridized carbons (Fsp3) is 0.875. The summed E-state index contributed by atoms with van der Waals surface area (Å²) in [4.78, 5) is 10.7. The summed E-state index contributed by atoms with van der Waals surface area (Å²) >= 11 is 0. The third-order valence-corrected chi connectivity index (χ3v) is 5.49. The van der Waals surface area contributed by atoms with Gasteiger partial charge < -0.3 is 16.6 Å². The quantitative estimate of drug-likeness (QED) is 0.156. The van der Waals surface area contributed by atoms with Crippen LogP contribution in [0.4, 0.5) is 0 Å². The second kappa shape index (κ2) is 20.9. The monoisotopic (exact) mass is 396 g/mol. The molecule has 0 aliphatic rings. The zero-order chi connectivity index (χ0) is 20.9. The number of carboxylic acid groups (broad SMARTS) is 1. The molecule has 0 aliphatic carbocycles. The molecule has 2 atom stereocenters. The lowest BCUT2D eigenvalue weighted by Crippen LogP contribution is -2.30. The lowest BCUT2D eigenvalue weighted by atomic mass is 10.0. The lowest BCUT2D eigenvalue weighted by Gasteiger charge is -2.12. The highest BCUT2D eigenvalue weighted by Crippen LogP contribution is 2.13. The van der Waals surface area contributed by atoms with E-state index >= 15 is 0 Å². The van der Waals surface area contributed by atoms with E-state index < -0.39 is 12.0 Å². The van der Waals surface area contributed by atoms with E-state index in [4.69, 9.17) is 16.6 Å². The molecule has 5 N–H and O–H groups in total. The number of hydrogen-bond acceptors (Lipinski definition) is 3. The zero-order valence-corrected chi connectivity index (χ0v) is 18.5. The molecule has 0 aliphatic heterocycles. The topological polar surface area (TPSA) is 89.3 Å². The summed E-state index contributed by atoms with van der Waals surface area (Å²) in [5, 5.41) is 8.75. The van der Waals surface area contributed by atoms with Crippen LogP contribution in [0.1, 0.15) is 122 Å². The standard InChI is InChI=1S/C24H48N2O2/c1-2-3-4-5-6-7-8-9-10-11-12-13-14-15-16-17-19-22(25)20-18-21-23(26)24(27)28/h9-10,22-23H,2-8,11-21,25-26H2,1H3,(H,27,28)/b10-9-/t22?,23-/m0/s1. The molecule has 0 aromatic rings. The molecule has 0 aromatic carbocycles. The Bertz CT molecular complexity index is 372. The van der Waals surface area contributed by atoms with Crippen molar-refractivity contribution in [3.63, 3.8) is 0 Å². The maximum atomic E-state index is 10.7. The number of unbranched alkanes of at least 4 members (excludes halogenated alkanes) is 12. The van der Waals surface area contributed by atoms with E-state index in [-0.39, 0.29) is 6.04 Å². The predicted octanol–water partition coefficient (Wildman–Crippen LogP) is 6.32. The van der Waals surface area contributed by atoms with Gasteiger partial charge in [-0.05, 0) is 51.4 Å². The highest BCUT2D eigenvalue weighted by Gasteiger charge is 2.11. The fourth-order valence-electron chi connectivity index (χ4n) is 3.52. The van der Waals surface area contributed by atoms with E-state index in [0.29, 0.717) is 6.42 Å². The number of aliphatic carboxylic acids is 1. The van der Waals surface area contributed by atoms with Crippen LogP contribution in [0.5, 0.6) is 0 Å². The van der Waals surface area contributed by atoms with Crippen molar-refractivity contribution in [3.05, 3.63) is 12.2 Å². The molecule has 0 fully saturated rings. The van der Waals surface area contributed by atoms with Gasteiger partial charge in [-0.2, -0.15) is 0 Å². The Labute approximate surface area is 174 Å². The van der Waals surface area contributed by atoms with Gasteiger partial charge in [-0.25, -0.2) is 0 Å². The van der Waals surface area contributed by atoms with E-state index in [1.165, 1.54) is 89.9 Å². The summed E-state index contributed by atoms with van der Waals surface area (Å²) in [6, 6.07) is -0.546. The predicted molar refractivity (Wildman–Crippen MR) is 122 cm³/mol. The zero-order valence-electron chi connectivity index (χ0n) is 18.5. The van der Waals surface area contributed by atoms with Gasteiger partial charge in [-0.3, -0.25) is 4.79 Å². The van der Waals surface area contributed by atoms with Crippen LogP contribution >= 0.6 is 0 Å². The highest BCUT2D eigenvalue weighted by molar-refractivity contribution is 5.72. The maximum absolute atomic E-state index is 10.7. The largest absolute Gasteiger partial charge is 0.480 e. The SMILES string of the molecule is CCCCCCCC/C=C\CCCCCCCCC(N)CCC[C@H](N)C(=O)O. The van der Waals surface area contributed by atoms with Gasteiger partial charge >= 0.3 is 5.97 Å². The molecule has 4 nitrogen and oxygen atoms in total. The molecule has 0 saturated carbocycles. The van der Waals surface area contributed by atoms with Gasteiger partial charge in [0.1, 0.15) is 6.04 Å². The summed E-state index contributed by atoms with van der Waals surface area (Å²) in [5.74, 6) is -0.915. The van der Waals surface area contributed by atoms with Gasteiger partial charge in [-0.1, -0.05) is 83.3 Å². The van der Waals surface area contributed by atoms with Gasteiger partial charge in [0.2, 0.25) is 0 Å². The van der Waals surface area contributed by atoms with Crippen LogP contribution < -0.4 is 11.5 Å². The van der Waals surface area contributed by atoms with E-state index in [1.54, 1.807) is 0 Å². The van der Waals surface area contributed by atoms with Crippen LogP contribution in [0.2, 0.25) is 0 Å². The molecule has 0 radical (unpaired) electrons. The molecular weight excluding hydrogens is 348 g/mol. The average Bonchev–Trinajstić information content (AvgIpc) is 2.67. The Morgan fingerprint density at radius 1 is 0.714 bits per heavy atom. The first kappa shape index (κ1) is 27.1. The highest BCUT2D eigenvalue weighted by atomic mass is 16.4. The number of carboxylic acids is 1. The van der Waals surface area contributed by atoms with Gasteiger partial charge in [0, 0.05) is 6.04 Å². The second-order valence-electron chi connectivity index (χ2n) is 8.36. The van der Waals surface area contributed by atoms with Crippen LogP contribution in [0, 0.1) is 0 Å². The number of carbonyl (C=O) groups is 1. The van der Waals surface area contributed by atoms with Crippen molar-refractivity contribution < 1.29 is 9.90 Å². The number of nitrogens with two attached hydrogens (primary N) is 2. The minimum absolute atomic E-state index is 0.192. The van der Waals surface area contributed by atoms with Crippen molar-refractivity contribution in [1.82, 2.24) is 0 Å². The fourth-order valence-corrected chi connectivity index (χ4v) is 3.52. The van der Waals surface area contributed by atoms with Gasteiger partial charge in [0.05, 0.1) is 0 Å². The third-order valence-electron chi connectivity index (χ3n) is 5.49.